The third-order valence-electron chi connectivity index (χ3n) is 4.28. The van der Waals surface area contributed by atoms with Gasteiger partial charge in [0, 0.05) is 41.7 Å². The minimum atomic E-state index is -1.21. The van der Waals surface area contributed by atoms with Gasteiger partial charge in [-0.15, -0.1) is 0 Å². The molecule has 0 aromatic heterocycles. The standard InChI is InChI=1S/C26H20N2O8/c29-23(12-14-25(31)32)27-17-4-8-19(9-5-17)35-21-2-1-3-22(16-21)36-20-10-6-18(7-11-20)28-24(30)13-15-26(33)34/h1-16H,(H,27,29)(H,28,30)(H,31,32)(H,33,34)/b14-12+,15-13?. The number of carbonyl (C=O) groups is 4. The van der Waals surface area contributed by atoms with E-state index < -0.39 is 23.8 Å². The highest BCUT2D eigenvalue weighted by molar-refractivity contribution is 6.03. The van der Waals surface area contributed by atoms with Crippen LogP contribution in [-0.2, 0) is 19.2 Å². The Bertz CT molecular complexity index is 1210. The monoisotopic (exact) mass is 488 g/mol. The van der Waals surface area contributed by atoms with E-state index in [9.17, 15) is 19.2 Å². The Morgan fingerprint density at radius 2 is 0.944 bits per heavy atom. The van der Waals surface area contributed by atoms with Crippen molar-refractivity contribution >= 4 is 35.1 Å². The normalized spacial score (nSPS) is 10.7. The maximum Gasteiger partial charge on any atom is 0.328 e. The van der Waals surface area contributed by atoms with Crippen molar-refractivity contribution in [2.75, 3.05) is 10.6 Å². The van der Waals surface area contributed by atoms with Crippen LogP contribution in [0.15, 0.2) is 97.1 Å². The van der Waals surface area contributed by atoms with E-state index in [0.29, 0.717) is 34.4 Å². The Balaban J connectivity index is 1.57. The highest BCUT2D eigenvalue weighted by atomic mass is 16.5. The van der Waals surface area contributed by atoms with Crippen LogP contribution < -0.4 is 20.1 Å². The molecule has 0 spiro atoms. The molecule has 3 aromatic carbocycles. The first-order valence-electron chi connectivity index (χ1n) is 10.4. The first-order chi connectivity index (χ1) is 17.3. The summed E-state index contributed by atoms with van der Waals surface area (Å²) in [4.78, 5) is 44.2. The zero-order chi connectivity index (χ0) is 25.9. The second-order valence-corrected chi connectivity index (χ2v) is 7.05. The van der Waals surface area contributed by atoms with Gasteiger partial charge in [-0.05, 0) is 60.7 Å². The minimum absolute atomic E-state index is 0.469. The molecule has 182 valence electrons. The van der Waals surface area contributed by atoms with Gasteiger partial charge in [0.1, 0.15) is 23.0 Å². The number of carbonyl (C=O) groups excluding carboxylic acids is 2. The molecule has 0 saturated carbocycles. The van der Waals surface area contributed by atoms with E-state index in [-0.39, 0.29) is 0 Å². The molecular formula is C26H20N2O8. The van der Waals surface area contributed by atoms with Gasteiger partial charge in [0.25, 0.3) is 0 Å². The van der Waals surface area contributed by atoms with Gasteiger partial charge >= 0.3 is 11.9 Å². The summed E-state index contributed by atoms with van der Waals surface area (Å²) in [5, 5.41) is 22.2. The van der Waals surface area contributed by atoms with Crippen molar-refractivity contribution in [3.63, 3.8) is 0 Å². The summed E-state index contributed by atoms with van der Waals surface area (Å²) >= 11 is 0. The molecule has 3 aromatic rings. The number of nitrogens with one attached hydrogen (secondary N) is 2. The van der Waals surface area contributed by atoms with Gasteiger partial charge in [0.15, 0.2) is 0 Å². The highest BCUT2D eigenvalue weighted by Gasteiger charge is 2.05. The molecule has 0 aliphatic carbocycles. The van der Waals surface area contributed by atoms with Gasteiger partial charge in [-0.3, -0.25) is 9.59 Å². The second kappa shape index (κ2) is 12.2. The number of hydrogen-bond donors (Lipinski definition) is 4. The number of hydrogen-bond acceptors (Lipinski definition) is 6. The first kappa shape index (κ1) is 25.2. The number of anilines is 2. The molecule has 2 amide bonds. The van der Waals surface area contributed by atoms with Crippen molar-refractivity contribution in [3.05, 3.63) is 97.1 Å². The summed E-state index contributed by atoms with van der Waals surface area (Å²) in [5.74, 6) is -1.55. The van der Waals surface area contributed by atoms with E-state index in [2.05, 4.69) is 10.6 Å². The lowest BCUT2D eigenvalue weighted by atomic mass is 10.2. The number of carboxylic acid groups (broad SMARTS) is 2. The van der Waals surface area contributed by atoms with Crippen LogP contribution in [0.1, 0.15) is 0 Å². The van der Waals surface area contributed by atoms with Crippen molar-refractivity contribution in [2.24, 2.45) is 0 Å². The lowest BCUT2D eigenvalue weighted by Crippen LogP contribution is -2.08. The van der Waals surface area contributed by atoms with Gasteiger partial charge in [-0.1, -0.05) is 6.07 Å². The van der Waals surface area contributed by atoms with Crippen molar-refractivity contribution in [1.29, 1.82) is 0 Å². The maximum absolute atomic E-state index is 11.6. The molecule has 0 radical (unpaired) electrons. The summed E-state index contributed by atoms with van der Waals surface area (Å²) in [6, 6.07) is 19.9. The molecule has 0 bridgehead atoms. The largest absolute Gasteiger partial charge is 0.478 e. The Hall–Kier alpha value is -5.38. The fourth-order valence-electron chi connectivity index (χ4n) is 2.75. The van der Waals surface area contributed by atoms with Gasteiger partial charge < -0.3 is 30.3 Å². The number of ether oxygens (including phenoxy) is 2. The Morgan fingerprint density at radius 3 is 1.31 bits per heavy atom. The Kier molecular flexibility index (Phi) is 8.55. The van der Waals surface area contributed by atoms with Gasteiger partial charge in [-0.2, -0.15) is 0 Å². The average Bonchev–Trinajstić information content (AvgIpc) is 2.84. The molecule has 3 rings (SSSR count). The molecule has 36 heavy (non-hydrogen) atoms. The molecule has 4 N–H and O–H groups in total. The van der Waals surface area contributed by atoms with Crippen LogP contribution in [-0.4, -0.2) is 34.0 Å². The number of rotatable bonds is 10. The van der Waals surface area contributed by atoms with Crippen molar-refractivity contribution in [1.82, 2.24) is 0 Å². The summed E-state index contributed by atoms with van der Waals surface area (Å²) in [7, 11) is 0. The lowest BCUT2D eigenvalue weighted by molar-refractivity contribution is -0.132. The summed E-state index contributed by atoms with van der Waals surface area (Å²) < 4.78 is 11.6. The molecule has 0 aliphatic heterocycles. The number of amides is 2. The molecule has 0 aliphatic rings. The fourth-order valence-corrected chi connectivity index (χ4v) is 2.75. The number of benzene rings is 3. The zero-order valence-corrected chi connectivity index (χ0v) is 18.6. The molecule has 0 atom stereocenters. The van der Waals surface area contributed by atoms with Gasteiger partial charge in [-0.25, -0.2) is 9.59 Å². The Morgan fingerprint density at radius 1 is 0.556 bits per heavy atom. The molecular weight excluding hydrogens is 468 g/mol. The van der Waals surface area contributed by atoms with E-state index in [4.69, 9.17) is 19.7 Å². The SMILES string of the molecule is O=C(O)C=CC(=O)Nc1ccc(Oc2cccc(Oc3ccc(NC(=O)/C=C/C(=O)O)cc3)c2)cc1. The topological polar surface area (TPSA) is 151 Å². The van der Waals surface area contributed by atoms with E-state index in [0.717, 1.165) is 24.3 Å². The smallest absolute Gasteiger partial charge is 0.328 e. The maximum atomic E-state index is 11.6. The zero-order valence-electron chi connectivity index (χ0n) is 18.6. The van der Waals surface area contributed by atoms with E-state index in [1.54, 1.807) is 72.8 Å². The van der Waals surface area contributed by atoms with Gasteiger partial charge in [0.2, 0.25) is 11.8 Å². The van der Waals surface area contributed by atoms with Crippen LogP contribution in [0.3, 0.4) is 0 Å². The molecule has 0 fully saturated rings. The minimum Gasteiger partial charge on any atom is -0.478 e. The van der Waals surface area contributed by atoms with Crippen molar-refractivity contribution in [2.45, 2.75) is 0 Å². The van der Waals surface area contributed by atoms with Crippen LogP contribution >= 0.6 is 0 Å². The van der Waals surface area contributed by atoms with Crippen molar-refractivity contribution in [3.8, 4) is 23.0 Å². The van der Waals surface area contributed by atoms with Crippen LogP contribution in [0.4, 0.5) is 11.4 Å². The fraction of sp³-hybridized carbons (Fsp3) is 0. The highest BCUT2D eigenvalue weighted by Crippen LogP contribution is 2.29. The van der Waals surface area contributed by atoms with Crippen LogP contribution in [0, 0.1) is 0 Å². The summed E-state index contributed by atoms with van der Waals surface area (Å²) in [5.41, 5.74) is 0.939. The third-order valence-corrected chi connectivity index (χ3v) is 4.28. The number of aliphatic carboxylic acids is 2. The molecule has 10 nitrogen and oxygen atoms in total. The lowest BCUT2D eigenvalue weighted by Gasteiger charge is -2.10. The third kappa shape index (κ3) is 8.52. The second-order valence-electron chi connectivity index (χ2n) is 7.05. The van der Waals surface area contributed by atoms with E-state index >= 15 is 0 Å². The first-order valence-corrected chi connectivity index (χ1v) is 10.4. The molecule has 0 saturated heterocycles. The molecule has 10 heteroatoms. The van der Waals surface area contributed by atoms with Crippen LogP contribution in [0.5, 0.6) is 23.0 Å². The van der Waals surface area contributed by atoms with E-state index in [1.807, 2.05) is 0 Å². The van der Waals surface area contributed by atoms with Crippen LogP contribution in [0.2, 0.25) is 0 Å². The molecule has 0 unspecified atom stereocenters. The predicted molar refractivity (Wildman–Crippen MR) is 130 cm³/mol. The number of carboxylic acids is 2. The molecule has 0 heterocycles. The quantitative estimate of drug-likeness (QED) is 0.306. The van der Waals surface area contributed by atoms with Crippen molar-refractivity contribution < 1.29 is 38.9 Å². The van der Waals surface area contributed by atoms with E-state index in [1.165, 1.54) is 0 Å². The van der Waals surface area contributed by atoms with Gasteiger partial charge in [0.05, 0.1) is 0 Å². The summed E-state index contributed by atoms with van der Waals surface area (Å²) in [6.07, 6.45) is 3.33. The summed E-state index contributed by atoms with van der Waals surface area (Å²) in [6.45, 7) is 0. The Labute approximate surface area is 205 Å². The average molecular weight is 488 g/mol. The predicted octanol–water partition coefficient (Wildman–Crippen LogP) is 4.43. The van der Waals surface area contributed by atoms with Crippen LogP contribution in [0.25, 0.3) is 0 Å².